The van der Waals surface area contributed by atoms with Crippen LogP contribution in [0.25, 0.3) is 0 Å². The summed E-state index contributed by atoms with van der Waals surface area (Å²) in [6.45, 7) is 1.13. The number of rotatable bonds is 4. The Morgan fingerprint density at radius 3 is 3.08 bits per heavy atom. The molecule has 26 heavy (non-hydrogen) atoms. The number of fused-ring (bicyclic) bond motifs is 3. The second kappa shape index (κ2) is 6.70. The van der Waals surface area contributed by atoms with Crippen molar-refractivity contribution in [3.05, 3.63) is 66.2 Å². The summed E-state index contributed by atoms with van der Waals surface area (Å²) in [6.07, 6.45) is 7.31. The van der Waals surface area contributed by atoms with E-state index in [1.807, 2.05) is 18.3 Å². The minimum Gasteiger partial charge on any atom is -0.457 e. The van der Waals surface area contributed by atoms with Gasteiger partial charge in [-0.25, -0.2) is 9.71 Å². The molecule has 1 unspecified atom stereocenters. The highest BCUT2D eigenvalue weighted by molar-refractivity contribution is 7.97. The molecule has 2 aliphatic heterocycles. The van der Waals surface area contributed by atoms with E-state index < -0.39 is 0 Å². The third-order valence-electron chi connectivity index (χ3n) is 4.88. The first-order valence-electron chi connectivity index (χ1n) is 8.92. The molecule has 0 bridgehead atoms. The van der Waals surface area contributed by atoms with Crippen LogP contribution in [-0.4, -0.2) is 22.7 Å². The minimum atomic E-state index is 0.471. The first kappa shape index (κ1) is 15.8. The van der Waals surface area contributed by atoms with Gasteiger partial charge in [-0.05, 0) is 60.7 Å². The van der Waals surface area contributed by atoms with E-state index >= 15 is 0 Å². The average molecular weight is 364 g/mol. The van der Waals surface area contributed by atoms with E-state index in [1.54, 1.807) is 18.3 Å². The summed E-state index contributed by atoms with van der Waals surface area (Å²) in [6, 6.07) is 14.6. The topological polar surface area (TPSA) is 53.2 Å². The van der Waals surface area contributed by atoms with Crippen molar-refractivity contribution in [1.82, 2.24) is 14.7 Å². The molecule has 0 radical (unpaired) electrons. The molecule has 3 aromatic rings. The lowest BCUT2D eigenvalue weighted by molar-refractivity contribution is 0.480. The average Bonchev–Trinajstić information content (AvgIpc) is 3.33. The van der Waals surface area contributed by atoms with Crippen LogP contribution < -0.4 is 14.4 Å². The van der Waals surface area contributed by atoms with E-state index in [4.69, 9.17) is 4.74 Å². The Labute approximate surface area is 156 Å². The molecule has 3 heterocycles. The molecule has 0 aliphatic carbocycles. The van der Waals surface area contributed by atoms with Crippen molar-refractivity contribution >= 4 is 17.6 Å². The smallest absolute Gasteiger partial charge is 0.128 e. The number of nitrogens with one attached hydrogen (secondary N) is 2. The van der Waals surface area contributed by atoms with Gasteiger partial charge in [-0.2, -0.15) is 0 Å². The fourth-order valence-corrected chi connectivity index (χ4v) is 4.62. The summed E-state index contributed by atoms with van der Waals surface area (Å²) in [5.74, 6) is 1.73. The number of aromatic nitrogens is 2. The highest BCUT2D eigenvalue weighted by Gasteiger charge is 2.30. The lowest BCUT2D eigenvalue weighted by Gasteiger charge is -2.33. The Kier molecular flexibility index (Phi) is 4.07. The van der Waals surface area contributed by atoms with Crippen molar-refractivity contribution in [3.8, 4) is 11.5 Å². The molecular weight excluding hydrogens is 344 g/mol. The molecule has 1 fully saturated rings. The predicted octanol–water partition coefficient (Wildman–Crippen LogP) is 4.33. The van der Waals surface area contributed by atoms with Crippen LogP contribution in [0.1, 0.15) is 24.1 Å². The van der Waals surface area contributed by atoms with Crippen LogP contribution in [0.3, 0.4) is 0 Å². The Hall–Kier alpha value is -2.44. The van der Waals surface area contributed by atoms with E-state index in [1.165, 1.54) is 29.0 Å². The largest absolute Gasteiger partial charge is 0.457 e. The van der Waals surface area contributed by atoms with Gasteiger partial charge < -0.3 is 14.6 Å². The second-order valence-electron chi connectivity index (χ2n) is 6.70. The number of H-pyrrole nitrogens is 1. The van der Waals surface area contributed by atoms with Crippen molar-refractivity contribution in [2.45, 2.75) is 30.3 Å². The monoisotopic (exact) mass is 364 g/mol. The molecule has 1 atom stereocenters. The summed E-state index contributed by atoms with van der Waals surface area (Å²) in [5.41, 5.74) is 3.61. The van der Waals surface area contributed by atoms with Crippen molar-refractivity contribution < 1.29 is 4.74 Å². The maximum atomic E-state index is 6.13. The normalized spacial score (nSPS) is 18.5. The summed E-state index contributed by atoms with van der Waals surface area (Å²) < 4.78 is 9.67. The van der Waals surface area contributed by atoms with Crippen LogP contribution in [0.4, 0.5) is 5.69 Å². The molecule has 0 amide bonds. The zero-order valence-corrected chi connectivity index (χ0v) is 15.1. The van der Waals surface area contributed by atoms with Gasteiger partial charge >= 0.3 is 0 Å². The molecule has 2 aromatic carbocycles. The van der Waals surface area contributed by atoms with Crippen LogP contribution >= 0.6 is 11.9 Å². The Morgan fingerprint density at radius 1 is 1.19 bits per heavy atom. The van der Waals surface area contributed by atoms with Crippen LogP contribution in [-0.2, 0) is 6.42 Å². The second-order valence-corrected chi connectivity index (χ2v) is 7.58. The number of hydrogen-bond donors (Lipinski definition) is 2. The molecule has 2 aliphatic rings. The lowest BCUT2D eigenvalue weighted by Crippen LogP contribution is -2.41. The number of aromatic amines is 1. The van der Waals surface area contributed by atoms with Gasteiger partial charge in [0.05, 0.1) is 18.2 Å². The van der Waals surface area contributed by atoms with Gasteiger partial charge in [0.15, 0.2) is 0 Å². The molecule has 6 heteroatoms. The molecular formula is C20H20N4OS. The molecule has 0 saturated carbocycles. The maximum Gasteiger partial charge on any atom is 0.128 e. The minimum absolute atomic E-state index is 0.471. The highest BCUT2D eigenvalue weighted by atomic mass is 32.2. The molecule has 5 rings (SSSR count). The third kappa shape index (κ3) is 3.06. The van der Waals surface area contributed by atoms with Gasteiger partial charge in [-0.1, -0.05) is 12.1 Å². The van der Waals surface area contributed by atoms with Gasteiger partial charge in [0.1, 0.15) is 11.5 Å². The first-order chi connectivity index (χ1) is 12.8. The molecule has 5 nitrogen and oxygen atoms in total. The van der Waals surface area contributed by atoms with Gasteiger partial charge in [0.2, 0.25) is 0 Å². The van der Waals surface area contributed by atoms with E-state index in [9.17, 15) is 0 Å². The van der Waals surface area contributed by atoms with Crippen molar-refractivity contribution in [3.63, 3.8) is 0 Å². The molecule has 132 valence electrons. The van der Waals surface area contributed by atoms with E-state index in [0.717, 1.165) is 30.2 Å². The third-order valence-corrected chi connectivity index (χ3v) is 5.82. The van der Waals surface area contributed by atoms with Crippen molar-refractivity contribution in [1.29, 1.82) is 0 Å². The van der Waals surface area contributed by atoms with Crippen LogP contribution in [0.5, 0.6) is 11.5 Å². The fourth-order valence-electron chi connectivity index (χ4n) is 3.64. The molecule has 1 aromatic heterocycles. The zero-order valence-electron chi connectivity index (χ0n) is 14.3. The van der Waals surface area contributed by atoms with Crippen LogP contribution in [0, 0.1) is 0 Å². The Balaban J connectivity index is 1.35. The van der Waals surface area contributed by atoms with Gasteiger partial charge in [0.25, 0.3) is 0 Å². The number of benzene rings is 2. The Bertz CT molecular complexity index is 912. The summed E-state index contributed by atoms with van der Waals surface area (Å²) in [7, 11) is 0. The quantitative estimate of drug-likeness (QED) is 0.675. The molecule has 0 spiro atoms. The number of hydrogen-bond acceptors (Lipinski definition) is 5. The zero-order chi connectivity index (χ0) is 17.3. The van der Waals surface area contributed by atoms with E-state index in [0.29, 0.717) is 6.17 Å². The van der Waals surface area contributed by atoms with Gasteiger partial charge in [-0.15, -0.1) is 0 Å². The highest BCUT2D eigenvalue weighted by Crippen LogP contribution is 2.40. The number of nitrogens with zero attached hydrogens (tertiary/aromatic N) is 2. The summed E-state index contributed by atoms with van der Waals surface area (Å²) >= 11 is 1.71. The Morgan fingerprint density at radius 2 is 2.15 bits per heavy atom. The summed E-state index contributed by atoms with van der Waals surface area (Å²) in [4.78, 5) is 10.9. The predicted molar refractivity (Wildman–Crippen MR) is 104 cm³/mol. The van der Waals surface area contributed by atoms with Crippen molar-refractivity contribution in [2.75, 3.05) is 11.4 Å². The first-order valence-corrected chi connectivity index (χ1v) is 9.74. The van der Waals surface area contributed by atoms with Crippen LogP contribution in [0.15, 0.2) is 59.9 Å². The molecule has 2 N–H and O–H groups in total. The van der Waals surface area contributed by atoms with E-state index in [-0.39, 0.29) is 0 Å². The number of ether oxygens (including phenoxy) is 1. The SMILES string of the molecule is c1cc(Cc2cnc[nH]2)cc(Oc2ccc3c(c2)SNC2CCCN32)c1. The lowest BCUT2D eigenvalue weighted by atomic mass is 10.1. The number of anilines is 1. The maximum absolute atomic E-state index is 6.13. The van der Waals surface area contributed by atoms with E-state index in [2.05, 4.69) is 49.9 Å². The van der Waals surface area contributed by atoms with Gasteiger partial charge in [-0.3, -0.25) is 0 Å². The summed E-state index contributed by atoms with van der Waals surface area (Å²) in [5, 5.41) is 0. The fraction of sp³-hybridized carbons (Fsp3) is 0.250. The number of imidazole rings is 1. The van der Waals surface area contributed by atoms with Gasteiger partial charge in [0, 0.05) is 29.8 Å². The van der Waals surface area contributed by atoms with Crippen molar-refractivity contribution in [2.24, 2.45) is 0 Å². The standard InChI is InChI=1S/C20H20N4OS/c1-3-14(9-15-12-21-13-22-15)10-16(4-1)25-17-6-7-18-19(11-17)26-23-20-5-2-8-24(18)20/h1,3-4,6-7,10-13,20,23H,2,5,8-9H2,(H,21,22). The molecule has 1 saturated heterocycles. The van der Waals surface area contributed by atoms with Crippen LogP contribution in [0.2, 0.25) is 0 Å².